The molecule has 0 spiro atoms. The van der Waals surface area contributed by atoms with Crippen molar-refractivity contribution in [2.75, 3.05) is 0 Å². The molecule has 1 fully saturated rings. The van der Waals surface area contributed by atoms with E-state index in [2.05, 4.69) is 86.1 Å². The van der Waals surface area contributed by atoms with Gasteiger partial charge in [-0.2, -0.15) is 0 Å². The highest BCUT2D eigenvalue weighted by atomic mass is 14.3. The molecule has 0 saturated heterocycles. The predicted molar refractivity (Wildman–Crippen MR) is 139 cm³/mol. The van der Waals surface area contributed by atoms with Gasteiger partial charge >= 0.3 is 0 Å². The lowest BCUT2D eigenvalue weighted by molar-refractivity contribution is 0.302. The van der Waals surface area contributed by atoms with Crippen LogP contribution in [0, 0.1) is 29.6 Å². The van der Waals surface area contributed by atoms with Gasteiger partial charge in [0, 0.05) is 23.1 Å². The van der Waals surface area contributed by atoms with Gasteiger partial charge in [-0.1, -0.05) is 94.6 Å². The molecule has 0 nitrogen and oxygen atoms in total. The highest BCUT2D eigenvalue weighted by molar-refractivity contribution is 5.46. The SMILES string of the molecule is CCC#Cc1ccc(C#Cc2ccc(C3CCC(CCCCCCCC)CC3)cc2)cc1. The van der Waals surface area contributed by atoms with Gasteiger partial charge in [0.05, 0.1) is 0 Å². The molecule has 1 aliphatic carbocycles. The lowest BCUT2D eigenvalue weighted by Crippen LogP contribution is -2.13. The van der Waals surface area contributed by atoms with Crippen molar-refractivity contribution in [2.45, 2.75) is 96.8 Å². The third kappa shape index (κ3) is 8.24. The van der Waals surface area contributed by atoms with E-state index in [1.54, 1.807) is 0 Å². The third-order valence-electron chi connectivity index (χ3n) is 6.84. The minimum Gasteiger partial charge on any atom is -0.0982 e. The monoisotopic (exact) mass is 424 g/mol. The third-order valence-corrected chi connectivity index (χ3v) is 6.84. The molecular weight excluding hydrogens is 384 g/mol. The van der Waals surface area contributed by atoms with Crippen molar-refractivity contribution in [1.29, 1.82) is 0 Å². The number of benzene rings is 2. The summed E-state index contributed by atoms with van der Waals surface area (Å²) in [4.78, 5) is 0. The molecule has 0 unspecified atom stereocenters. The maximum Gasteiger partial charge on any atom is 0.0249 e. The number of rotatable bonds is 8. The number of unbranched alkanes of at least 4 members (excludes halogenated alkanes) is 5. The van der Waals surface area contributed by atoms with Crippen LogP contribution in [0.1, 0.15) is 119 Å². The van der Waals surface area contributed by atoms with E-state index in [0.717, 1.165) is 34.9 Å². The lowest BCUT2D eigenvalue weighted by Gasteiger charge is -2.29. The van der Waals surface area contributed by atoms with Gasteiger partial charge in [-0.05, 0) is 79.5 Å². The van der Waals surface area contributed by atoms with Crippen LogP contribution in [-0.4, -0.2) is 0 Å². The minimum absolute atomic E-state index is 0.745. The Morgan fingerprint density at radius 3 is 1.75 bits per heavy atom. The molecule has 0 amide bonds. The van der Waals surface area contributed by atoms with Gasteiger partial charge in [0.15, 0.2) is 0 Å². The van der Waals surface area contributed by atoms with Crippen LogP contribution in [0.25, 0.3) is 0 Å². The minimum atomic E-state index is 0.745. The zero-order valence-corrected chi connectivity index (χ0v) is 20.3. The van der Waals surface area contributed by atoms with E-state index in [9.17, 15) is 0 Å². The maximum absolute atomic E-state index is 3.32. The standard InChI is InChI=1S/C32H40/c1-3-5-7-8-9-10-12-28-19-23-31(24-20-28)32-25-21-30(22-26-32)18-17-29-15-13-27(14-16-29)11-6-4-2/h13-16,21-22,25-26,28,31H,3-5,7-10,12,19-20,23-24H2,1-2H3. The summed E-state index contributed by atoms with van der Waals surface area (Å²) < 4.78 is 0. The molecule has 2 aromatic rings. The summed E-state index contributed by atoms with van der Waals surface area (Å²) in [5.41, 5.74) is 4.70. The molecule has 32 heavy (non-hydrogen) atoms. The van der Waals surface area contributed by atoms with Crippen LogP contribution in [0.3, 0.4) is 0 Å². The van der Waals surface area contributed by atoms with Crippen molar-refractivity contribution in [3.05, 3.63) is 70.8 Å². The fraction of sp³-hybridized carbons (Fsp3) is 0.500. The number of hydrogen-bond donors (Lipinski definition) is 0. The van der Waals surface area contributed by atoms with Crippen LogP contribution in [-0.2, 0) is 0 Å². The van der Waals surface area contributed by atoms with E-state index in [0.29, 0.717) is 0 Å². The smallest absolute Gasteiger partial charge is 0.0249 e. The molecule has 2 aromatic carbocycles. The predicted octanol–water partition coefficient (Wildman–Crippen LogP) is 8.87. The molecule has 0 atom stereocenters. The summed E-state index contributed by atoms with van der Waals surface area (Å²) in [6.07, 6.45) is 16.4. The maximum atomic E-state index is 3.32. The second kappa shape index (κ2) is 13.9. The highest BCUT2D eigenvalue weighted by Crippen LogP contribution is 2.37. The molecular formula is C32H40. The van der Waals surface area contributed by atoms with E-state index < -0.39 is 0 Å². The van der Waals surface area contributed by atoms with E-state index in [1.165, 1.54) is 76.2 Å². The van der Waals surface area contributed by atoms with Gasteiger partial charge in [0.1, 0.15) is 0 Å². The average molecular weight is 425 g/mol. The molecule has 0 heterocycles. The van der Waals surface area contributed by atoms with Gasteiger partial charge in [0.25, 0.3) is 0 Å². The van der Waals surface area contributed by atoms with E-state index in [-0.39, 0.29) is 0 Å². The van der Waals surface area contributed by atoms with E-state index >= 15 is 0 Å². The van der Waals surface area contributed by atoms with Crippen molar-refractivity contribution < 1.29 is 0 Å². The Morgan fingerprint density at radius 1 is 0.625 bits per heavy atom. The first-order valence-corrected chi connectivity index (χ1v) is 13.0. The Bertz CT molecular complexity index is 900. The second-order valence-corrected chi connectivity index (χ2v) is 9.38. The Labute approximate surface area is 197 Å². The van der Waals surface area contributed by atoms with Gasteiger partial charge < -0.3 is 0 Å². The first-order valence-electron chi connectivity index (χ1n) is 13.0. The fourth-order valence-corrected chi connectivity index (χ4v) is 4.81. The van der Waals surface area contributed by atoms with Gasteiger partial charge in [-0.15, -0.1) is 0 Å². The van der Waals surface area contributed by atoms with Crippen molar-refractivity contribution in [2.24, 2.45) is 5.92 Å². The van der Waals surface area contributed by atoms with E-state index in [4.69, 9.17) is 0 Å². The van der Waals surface area contributed by atoms with Gasteiger partial charge in [-0.25, -0.2) is 0 Å². The van der Waals surface area contributed by atoms with Crippen LogP contribution in [0.15, 0.2) is 48.5 Å². The summed E-state index contributed by atoms with van der Waals surface area (Å²) in [5.74, 6) is 14.6. The zero-order valence-electron chi connectivity index (χ0n) is 20.3. The topological polar surface area (TPSA) is 0 Å². The lowest BCUT2D eigenvalue weighted by atomic mass is 9.77. The Hall–Kier alpha value is -2.44. The Morgan fingerprint density at radius 2 is 1.16 bits per heavy atom. The first kappa shape index (κ1) is 24.2. The van der Waals surface area contributed by atoms with Crippen LogP contribution in [0.2, 0.25) is 0 Å². The van der Waals surface area contributed by atoms with Crippen LogP contribution >= 0.6 is 0 Å². The Kier molecular flexibility index (Phi) is 10.5. The normalized spacial score (nSPS) is 17.7. The molecule has 0 aliphatic heterocycles. The molecule has 0 radical (unpaired) electrons. The molecule has 0 bridgehead atoms. The molecule has 168 valence electrons. The van der Waals surface area contributed by atoms with Crippen molar-refractivity contribution >= 4 is 0 Å². The largest absolute Gasteiger partial charge is 0.0982 e. The van der Waals surface area contributed by atoms with Gasteiger partial charge in [-0.3, -0.25) is 0 Å². The van der Waals surface area contributed by atoms with E-state index in [1.807, 2.05) is 0 Å². The van der Waals surface area contributed by atoms with Crippen LogP contribution in [0.4, 0.5) is 0 Å². The van der Waals surface area contributed by atoms with Crippen LogP contribution in [0.5, 0.6) is 0 Å². The average Bonchev–Trinajstić information content (AvgIpc) is 2.85. The zero-order chi connectivity index (χ0) is 22.4. The summed E-state index contributed by atoms with van der Waals surface area (Å²) in [6.45, 7) is 4.37. The van der Waals surface area contributed by atoms with Crippen molar-refractivity contribution in [1.82, 2.24) is 0 Å². The summed E-state index contributed by atoms with van der Waals surface area (Å²) in [6, 6.07) is 17.3. The summed E-state index contributed by atoms with van der Waals surface area (Å²) >= 11 is 0. The molecule has 0 heteroatoms. The fourth-order valence-electron chi connectivity index (χ4n) is 4.81. The van der Waals surface area contributed by atoms with Crippen molar-refractivity contribution in [3.63, 3.8) is 0 Å². The second-order valence-electron chi connectivity index (χ2n) is 9.38. The van der Waals surface area contributed by atoms with Crippen LogP contribution < -0.4 is 0 Å². The highest BCUT2D eigenvalue weighted by Gasteiger charge is 2.21. The molecule has 1 aliphatic rings. The molecule has 0 N–H and O–H groups in total. The summed E-state index contributed by atoms with van der Waals surface area (Å²) in [5, 5.41) is 0. The number of hydrogen-bond acceptors (Lipinski definition) is 0. The molecule has 0 aromatic heterocycles. The molecule has 3 rings (SSSR count). The first-order chi connectivity index (χ1) is 15.8. The molecule has 1 saturated carbocycles. The quantitative estimate of drug-likeness (QED) is 0.293. The van der Waals surface area contributed by atoms with Crippen molar-refractivity contribution in [3.8, 4) is 23.7 Å². The Balaban J connectivity index is 1.43. The van der Waals surface area contributed by atoms with Gasteiger partial charge in [0.2, 0.25) is 0 Å². The summed E-state index contributed by atoms with van der Waals surface area (Å²) in [7, 11) is 0.